The number of para-hydroxylation sites is 2. The van der Waals surface area contributed by atoms with Crippen LogP contribution in [-0.2, 0) is 16.6 Å². The Morgan fingerprint density at radius 1 is 0.879 bits per heavy atom. The lowest BCUT2D eigenvalue weighted by Crippen LogP contribution is -2.50. The number of fused-ring (bicyclic) bond motifs is 1. The number of ketones is 1. The van der Waals surface area contributed by atoms with Crippen LogP contribution in [0.1, 0.15) is 36.4 Å². The van der Waals surface area contributed by atoms with Crippen molar-refractivity contribution in [3.8, 4) is 0 Å². The van der Waals surface area contributed by atoms with Gasteiger partial charge in [-0.2, -0.15) is 0 Å². The molecule has 0 radical (unpaired) electrons. The molecule has 168 valence electrons. The Labute approximate surface area is 193 Å². The third-order valence-corrected chi connectivity index (χ3v) is 7.06. The normalized spacial score (nSPS) is 16.5. The van der Waals surface area contributed by atoms with Crippen LogP contribution in [0.15, 0.2) is 89.7 Å². The lowest BCUT2D eigenvalue weighted by atomic mass is 9.66. The first-order valence-electron chi connectivity index (χ1n) is 11.7. The summed E-state index contributed by atoms with van der Waals surface area (Å²) in [5.41, 5.74) is 3.14. The van der Waals surface area contributed by atoms with Crippen LogP contribution in [0.3, 0.4) is 0 Å². The highest BCUT2D eigenvalue weighted by Crippen LogP contribution is 2.44. The number of hydrogen-bond acceptors (Lipinski definition) is 3. The van der Waals surface area contributed by atoms with E-state index >= 15 is 0 Å². The molecule has 1 aliphatic rings. The number of aryl methyl sites for hydroxylation is 1. The van der Waals surface area contributed by atoms with Gasteiger partial charge in [0.25, 0.3) is 0 Å². The Balaban J connectivity index is 1.65. The molecule has 1 atom stereocenters. The predicted octanol–water partition coefficient (Wildman–Crippen LogP) is 4.39. The van der Waals surface area contributed by atoms with E-state index in [1.54, 1.807) is 4.57 Å². The van der Waals surface area contributed by atoms with Crippen molar-refractivity contribution in [2.24, 2.45) is 0 Å². The summed E-state index contributed by atoms with van der Waals surface area (Å²) < 4.78 is 1.74. The molecule has 5 rings (SSSR count). The number of piperidine rings is 1. The topological polar surface area (TPSA) is 66.9 Å². The number of hydrogen-bond donors (Lipinski definition) is 2. The standard InChI is InChI=1S/C28H29N3O2/c32-25(16-15-21-9-3-1-4-10-21)26(31-24-14-8-7-13-23(24)30-27(31)33)28(17-19-29-20-18-28)22-11-5-2-6-12-22/h1-14,26,29H,15-20H2,(H,30,33). The van der Waals surface area contributed by atoms with E-state index < -0.39 is 11.5 Å². The van der Waals surface area contributed by atoms with E-state index in [0.717, 1.165) is 48.1 Å². The Morgan fingerprint density at radius 2 is 1.52 bits per heavy atom. The van der Waals surface area contributed by atoms with Crippen LogP contribution in [0.5, 0.6) is 0 Å². The highest BCUT2D eigenvalue weighted by atomic mass is 16.2. The van der Waals surface area contributed by atoms with Crippen molar-refractivity contribution in [1.82, 2.24) is 14.9 Å². The number of rotatable bonds is 7. The molecule has 1 saturated heterocycles. The van der Waals surface area contributed by atoms with Crippen molar-refractivity contribution in [3.63, 3.8) is 0 Å². The molecule has 1 aliphatic heterocycles. The molecule has 0 aliphatic carbocycles. The van der Waals surface area contributed by atoms with E-state index in [2.05, 4.69) is 34.6 Å². The quantitative estimate of drug-likeness (QED) is 0.449. The van der Waals surface area contributed by atoms with Gasteiger partial charge >= 0.3 is 5.69 Å². The molecule has 0 saturated carbocycles. The minimum absolute atomic E-state index is 0.108. The maximum absolute atomic E-state index is 14.1. The van der Waals surface area contributed by atoms with Crippen LogP contribution < -0.4 is 11.0 Å². The van der Waals surface area contributed by atoms with Crippen molar-refractivity contribution in [1.29, 1.82) is 0 Å². The molecule has 5 heteroatoms. The average Bonchev–Trinajstić information content (AvgIpc) is 3.20. The van der Waals surface area contributed by atoms with Gasteiger partial charge in [-0.15, -0.1) is 0 Å². The lowest BCUT2D eigenvalue weighted by molar-refractivity contribution is -0.124. The van der Waals surface area contributed by atoms with Crippen LogP contribution in [0.4, 0.5) is 0 Å². The fraction of sp³-hybridized carbons (Fsp3) is 0.286. The minimum Gasteiger partial charge on any atom is -0.317 e. The van der Waals surface area contributed by atoms with Gasteiger partial charge in [0.2, 0.25) is 0 Å². The molecule has 4 aromatic rings. The largest absolute Gasteiger partial charge is 0.327 e. The summed E-state index contributed by atoms with van der Waals surface area (Å²) in [4.78, 5) is 30.4. The molecule has 2 N–H and O–H groups in total. The van der Waals surface area contributed by atoms with Gasteiger partial charge < -0.3 is 10.3 Å². The second kappa shape index (κ2) is 9.20. The van der Waals surface area contributed by atoms with Crippen LogP contribution in [0.25, 0.3) is 11.0 Å². The van der Waals surface area contributed by atoms with Crippen molar-refractivity contribution in [2.75, 3.05) is 13.1 Å². The summed E-state index contributed by atoms with van der Waals surface area (Å²) in [5, 5.41) is 3.45. The Hall–Kier alpha value is -3.44. The first kappa shape index (κ1) is 21.4. The summed E-state index contributed by atoms with van der Waals surface area (Å²) in [6.07, 6.45) is 2.65. The SMILES string of the molecule is O=C(CCc1ccccc1)C(n1c(=O)[nH]c2ccccc21)C1(c2ccccc2)CCNCC1. The monoisotopic (exact) mass is 439 g/mol. The van der Waals surface area contributed by atoms with Gasteiger partial charge in [0.05, 0.1) is 11.0 Å². The third-order valence-electron chi connectivity index (χ3n) is 7.06. The lowest BCUT2D eigenvalue weighted by Gasteiger charge is -2.44. The zero-order chi connectivity index (χ0) is 22.7. The number of carbonyl (C=O) groups is 1. The molecule has 1 unspecified atom stereocenters. The van der Waals surface area contributed by atoms with E-state index in [0.29, 0.717) is 12.8 Å². The number of imidazole rings is 1. The third kappa shape index (κ3) is 4.05. The fourth-order valence-electron chi connectivity index (χ4n) is 5.44. The molecule has 0 amide bonds. The molecule has 2 heterocycles. The Kier molecular flexibility index (Phi) is 5.97. The number of benzene rings is 3. The number of aromatic nitrogens is 2. The summed E-state index contributed by atoms with van der Waals surface area (Å²) in [5.74, 6) is 0.108. The summed E-state index contributed by atoms with van der Waals surface area (Å²) in [6.45, 7) is 1.63. The maximum atomic E-state index is 14.1. The number of aromatic amines is 1. The zero-order valence-corrected chi connectivity index (χ0v) is 18.7. The Morgan fingerprint density at radius 3 is 2.24 bits per heavy atom. The first-order valence-corrected chi connectivity index (χ1v) is 11.7. The minimum atomic E-state index is -0.575. The summed E-state index contributed by atoms with van der Waals surface area (Å²) in [6, 6.07) is 27.5. The average molecular weight is 440 g/mol. The molecule has 5 nitrogen and oxygen atoms in total. The van der Waals surface area contributed by atoms with E-state index in [1.807, 2.05) is 60.7 Å². The van der Waals surface area contributed by atoms with Crippen molar-refractivity contribution < 1.29 is 4.79 Å². The van der Waals surface area contributed by atoms with Crippen LogP contribution >= 0.6 is 0 Å². The number of H-pyrrole nitrogens is 1. The molecule has 1 fully saturated rings. The van der Waals surface area contributed by atoms with E-state index in [-0.39, 0.29) is 11.5 Å². The highest BCUT2D eigenvalue weighted by Gasteiger charge is 2.46. The first-order chi connectivity index (χ1) is 16.2. The maximum Gasteiger partial charge on any atom is 0.327 e. The van der Waals surface area contributed by atoms with Gasteiger partial charge in [0.1, 0.15) is 6.04 Å². The number of carbonyl (C=O) groups excluding carboxylic acids is 1. The Bertz CT molecular complexity index is 1280. The highest BCUT2D eigenvalue weighted by molar-refractivity contribution is 5.87. The molecule has 0 bridgehead atoms. The number of nitrogens with zero attached hydrogens (tertiary/aromatic N) is 1. The summed E-state index contributed by atoms with van der Waals surface area (Å²) in [7, 11) is 0. The van der Waals surface area contributed by atoms with Crippen LogP contribution in [0.2, 0.25) is 0 Å². The molecular formula is C28H29N3O2. The van der Waals surface area contributed by atoms with Gasteiger partial charge in [-0.25, -0.2) is 4.79 Å². The van der Waals surface area contributed by atoms with Gasteiger partial charge in [0.15, 0.2) is 5.78 Å². The van der Waals surface area contributed by atoms with Crippen molar-refractivity contribution >= 4 is 16.8 Å². The second-order valence-electron chi connectivity index (χ2n) is 8.94. The van der Waals surface area contributed by atoms with E-state index in [1.165, 1.54) is 0 Å². The molecular weight excluding hydrogens is 410 g/mol. The van der Waals surface area contributed by atoms with Gasteiger partial charge in [0, 0.05) is 11.8 Å². The number of nitrogens with one attached hydrogen (secondary N) is 2. The van der Waals surface area contributed by atoms with E-state index in [4.69, 9.17) is 0 Å². The zero-order valence-electron chi connectivity index (χ0n) is 18.7. The van der Waals surface area contributed by atoms with E-state index in [9.17, 15) is 9.59 Å². The predicted molar refractivity (Wildman–Crippen MR) is 132 cm³/mol. The van der Waals surface area contributed by atoms with Crippen LogP contribution in [-0.4, -0.2) is 28.4 Å². The second-order valence-corrected chi connectivity index (χ2v) is 8.94. The number of Topliss-reactive ketones (excluding diaryl/α,β-unsaturated/α-hetero) is 1. The van der Waals surface area contributed by atoms with Crippen LogP contribution in [0, 0.1) is 0 Å². The molecule has 1 aromatic heterocycles. The molecule has 0 spiro atoms. The molecule has 33 heavy (non-hydrogen) atoms. The summed E-state index contributed by atoms with van der Waals surface area (Å²) >= 11 is 0. The van der Waals surface area contributed by atoms with Crippen molar-refractivity contribution in [3.05, 3.63) is 107 Å². The van der Waals surface area contributed by atoms with Gasteiger partial charge in [-0.1, -0.05) is 72.8 Å². The van der Waals surface area contributed by atoms with Gasteiger partial charge in [-0.05, 0) is 55.6 Å². The smallest absolute Gasteiger partial charge is 0.317 e. The molecule has 3 aromatic carbocycles. The van der Waals surface area contributed by atoms with Crippen molar-refractivity contribution in [2.45, 2.75) is 37.1 Å². The van der Waals surface area contributed by atoms with Gasteiger partial charge in [-0.3, -0.25) is 9.36 Å². The fourth-order valence-corrected chi connectivity index (χ4v) is 5.44.